The van der Waals surface area contributed by atoms with Gasteiger partial charge in [-0.25, -0.2) is 0 Å². The molecule has 1 atom stereocenters. The molecule has 12 heavy (non-hydrogen) atoms. The number of hydrogen-bond donors (Lipinski definition) is 4. The maximum Gasteiger partial charge on any atom is 0.244 e. The Balaban J connectivity index is 3.99. The minimum atomic E-state index is -0.911. The van der Waals surface area contributed by atoms with Crippen LogP contribution in [0.1, 0.15) is 0 Å². The van der Waals surface area contributed by atoms with Crippen LogP contribution in [0.3, 0.4) is 0 Å². The van der Waals surface area contributed by atoms with Gasteiger partial charge in [0.1, 0.15) is 6.04 Å². The molecule has 0 aromatic carbocycles. The fraction of sp³-hybridized carbons (Fsp3) is 0.667. The maximum atomic E-state index is 10.9. The number of rotatable bonds is 4. The molecule has 6 heteroatoms. The molecule has 0 aliphatic rings. The van der Waals surface area contributed by atoms with Crippen molar-refractivity contribution >= 4 is 11.8 Å². The summed E-state index contributed by atoms with van der Waals surface area (Å²) in [4.78, 5) is 21.5. The average Bonchev–Trinajstić information content (AvgIpc) is 2.12. The first-order valence-corrected chi connectivity index (χ1v) is 3.47. The van der Waals surface area contributed by atoms with Crippen molar-refractivity contribution in [3.63, 3.8) is 0 Å². The minimum Gasteiger partial charge on any atom is -0.394 e. The van der Waals surface area contributed by atoms with E-state index in [1.165, 1.54) is 7.05 Å². The van der Waals surface area contributed by atoms with Gasteiger partial charge >= 0.3 is 0 Å². The van der Waals surface area contributed by atoms with Gasteiger partial charge < -0.3 is 21.5 Å². The molecule has 70 valence electrons. The number of nitrogens with one attached hydrogen (secondary N) is 2. The molecule has 0 heterocycles. The van der Waals surface area contributed by atoms with Crippen LogP contribution in [0, 0.1) is 0 Å². The van der Waals surface area contributed by atoms with Gasteiger partial charge in [-0.2, -0.15) is 0 Å². The molecule has 0 aliphatic heterocycles. The number of hydrogen-bond acceptors (Lipinski definition) is 4. The third-order valence-corrected chi connectivity index (χ3v) is 1.27. The lowest BCUT2D eigenvalue weighted by molar-refractivity contribution is -0.129. The Morgan fingerprint density at radius 1 is 1.58 bits per heavy atom. The first-order chi connectivity index (χ1) is 5.65. The number of amides is 2. The lowest BCUT2D eigenvalue weighted by Crippen LogP contribution is -2.49. The van der Waals surface area contributed by atoms with Crippen molar-refractivity contribution < 1.29 is 14.7 Å². The van der Waals surface area contributed by atoms with Gasteiger partial charge in [0.05, 0.1) is 13.2 Å². The van der Waals surface area contributed by atoms with Gasteiger partial charge in [0.15, 0.2) is 0 Å². The Morgan fingerprint density at radius 3 is 2.50 bits per heavy atom. The molecule has 5 N–H and O–H groups in total. The topological polar surface area (TPSA) is 104 Å². The second-order valence-corrected chi connectivity index (χ2v) is 2.12. The fourth-order valence-electron chi connectivity index (χ4n) is 0.622. The van der Waals surface area contributed by atoms with Gasteiger partial charge in [0.2, 0.25) is 11.8 Å². The summed E-state index contributed by atoms with van der Waals surface area (Å²) < 4.78 is 0. The van der Waals surface area contributed by atoms with E-state index in [4.69, 9.17) is 10.8 Å². The minimum absolute atomic E-state index is 0.201. The average molecular weight is 175 g/mol. The molecular weight excluding hydrogens is 162 g/mol. The smallest absolute Gasteiger partial charge is 0.244 e. The van der Waals surface area contributed by atoms with Crippen LogP contribution >= 0.6 is 0 Å². The summed E-state index contributed by atoms with van der Waals surface area (Å²) in [6.45, 7) is -0.640. The predicted octanol–water partition coefficient (Wildman–Crippen LogP) is -2.83. The largest absolute Gasteiger partial charge is 0.394 e. The zero-order chi connectivity index (χ0) is 9.56. The molecule has 0 rings (SSSR count). The fourth-order valence-corrected chi connectivity index (χ4v) is 0.622. The van der Waals surface area contributed by atoms with E-state index in [1.807, 2.05) is 0 Å². The monoisotopic (exact) mass is 175 g/mol. The lowest BCUT2D eigenvalue weighted by Gasteiger charge is -2.13. The summed E-state index contributed by atoms with van der Waals surface area (Å²) in [5.74, 6) is -0.919. The van der Waals surface area contributed by atoms with Crippen LogP contribution in [-0.4, -0.2) is 43.2 Å². The van der Waals surface area contributed by atoms with Crippen molar-refractivity contribution in [3.8, 4) is 0 Å². The summed E-state index contributed by atoms with van der Waals surface area (Å²) in [7, 11) is 1.42. The molecule has 0 aromatic rings. The van der Waals surface area contributed by atoms with Gasteiger partial charge in [0, 0.05) is 7.05 Å². The summed E-state index contributed by atoms with van der Waals surface area (Å²) in [6.07, 6.45) is 0. The zero-order valence-electron chi connectivity index (χ0n) is 6.83. The Bertz CT molecular complexity index is 171. The molecule has 0 unspecified atom stereocenters. The second kappa shape index (κ2) is 5.50. The SMILES string of the molecule is CNC(=O)[C@H](CO)NC(=O)CN. The third kappa shape index (κ3) is 3.31. The van der Waals surface area contributed by atoms with Crippen molar-refractivity contribution in [2.75, 3.05) is 20.2 Å². The Hall–Kier alpha value is -1.14. The number of nitrogens with two attached hydrogens (primary N) is 1. The van der Waals surface area contributed by atoms with Crippen molar-refractivity contribution in [3.05, 3.63) is 0 Å². The quantitative estimate of drug-likeness (QED) is 0.369. The van der Waals surface area contributed by atoms with Crippen LogP contribution < -0.4 is 16.4 Å². The zero-order valence-corrected chi connectivity index (χ0v) is 6.83. The molecule has 2 amide bonds. The van der Waals surface area contributed by atoms with Gasteiger partial charge in [0.25, 0.3) is 0 Å². The van der Waals surface area contributed by atoms with E-state index >= 15 is 0 Å². The molecule has 0 radical (unpaired) electrons. The molecule has 0 fully saturated rings. The highest BCUT2D eigenvalue weighted by atomic mass is 16.3. The van der Waals surface area contributed by atoms with Crippen molar-refractivity contribution in [1.29, 1.82) is 0 Å². The lowest BCUT2D eigenvalue weighted by atomic mass is 10.3. The van der Waals surface area contributed by atoms with Crippen LogP contribution in [-0.2, 0) is 9.59 Å². The Morgan fingerprint density at radius 2 is 2.17 bits per heavy atom. The van der Waals surface area contributed by atoms with E-state index in [0.717, 1.165) is 0 Å². The highest BCUT2D eigenvalue weighted by molar-refractivity contribution is 5.88. The van der Waals surface area contributed by atoms with E-state index in [2.05, 4.69) is 10.6 Å². The third-order valence-electron chi connectivity index (χ3n) is 1.27. The van der Waals surface area contributed by atoms with Gasteiger partial charge in [-0.1, -0.05) is 0 Å². The number of aliphatic hydroxyl groups excluding tert-OH is 1. The van der Waals surface area contributed by atoms with E-state index < -0.39 is 24.5 Å². The van der Waals surface area contributed by atoms with Crippen LogP contribution in [0.4, 0.5) is 0 Å². The van der Waals surface area contributed by atoms with E-state index in [9.17, 15) is 9.59 Å². The molecule has 0 aliphatic carbocycles. The standard InChI is InChI=1S/C6H13N3O3/c1-8-6(12)4(3-10)9-5(11)2-7/h4,10H,2-3,7H2,1H3,(H,8,12)(H,9,11)/t4-/m0/s1. The molecular formula is C6H13N3O3. The number of carbonyl (C=O) groups excluding carboxylic acids is 2. The highest BCUT2D eigenvalue weighted by Crippen LogP contribution is 1.81. The highest BCUT2D eigenvalue weighted by Gasteiger charge is 2.16. The summed E-state index contributed by atoms with van der Waals surface area (Å²) in [5.41, 5.74) is 4.99. The molecule has 0 aromatic heterocycles. The first kappa shape index (κ1) is 10.9. The number of aliphatic hydroxyl groups is 1. The second-order valence-electron chi connectivity index (χ2n) is 2.12. The summed E-state index contributed by atoms with van der Waals surface area (Å²) in [5, 5.41) is 13.2. The van der Waals surface area contributed by atoms with Crippen LogP contribution in [0.5, 0.6) is 0 Å². The van der Waals surface area contributed by atoms with Crippen LogP contribution in [0.2, 0.25) is 0 Å². The van der Waals surface area contributed by atoms with E-state index in [-0.39, 0.29) is 6.54 Å². The number of carbonyl (C=O) groups is 2. The van der Waals surface area contributed by atoms with Crippen molar-refractivity contribution in [2.45, 2.75) is 6.04 Å². The predicted molar refractivity (Wildman–Crippen MR) is 42.1 cm³/mol. The Kier molecular flexibility index (Phi) is 4.98. The molecule has 0 bridgehead atoms. The molecule has 0 saturated heterocycles. The van der Waals surface area contributed by atoms with E-state index in [0.29, 0.717) is 0 Å². The molecule has 0 saturated carbocycles. The van der Waals surface area contributed by atoms with Crippen molar-refractivity contribution in [1.82, 2.24) is 10.6 Å². The molecule has 0 spiro atoms. The van der Waals surface area contributed by atoms with E-state index in [1.54, 1.807) is 0 Å². The normalized spacial score (nSPS) is 11.9. The number of likely N-dealkylation sites (N-methyl/N-ethyl adjacent to an activating group) is 1. The van der Waals surface area contributed by atoms with Gasteiger partial charge in [-0.05, 0) is 0 Å². The summed E-state index contributed by atoms with van der Waals surface area (Å²) in [6, 6.07) is -0.911. The molecule has 6 nitrogen and oxygen atoms in total. The van der Waals surface area contributed by atoms with Crippen LogP contribution in [0.25, 0.3) is 0 Å². The van der Waals surface area contributed by atoms with Crippen LogP contribution in [0.15, 0.2) is 0 Å². The first-order valence-electron chi connectivity index (χ1n) is 3.47. The van der Waals surface area contributed by atoms with Gasteiger partial charge in [-0.3, -0.25) is 9.59 Å². The summed E-state index contributed by atoms with van der Waals surface area (Å²) >= 11 is 0. The maximum absolute atomic E-state index is 10.9. The van der Waals surface area contributed by atoms with Crippen molar-refractivity contribution in [2.24, 2.45) is 5.73 Å². The van der Waals surface area contributed by atoms with Gasteiger partial charge in [-0.15, -0.1) is 0 Å². The Labute approximate surface area is 70.1 Å².